The van der Waals surface area contributed by atoms with E-state index in [-0.39, 0.29) is 5.91 Å². The molecule has 2 aromatic rings. The van der Waals surface area contributed by atoms with Crippen molar-refractivity contribution in [3.05, 3.63) is 70.8 Å². The largest absolute Gasteiger partial charge is 0.352 e. The number of primary amides is 1. The molecule has 0 aliphatic carbocycles. The first-order valence-corrected chi connectivity index (χ1v) is 9.78. The molecule has 3 amide bonds. The second kappa shape index (κ2) is 9.37. The average molecular weight is 380 g/mol. The van der Waals surface area contributed by atoms with Crippen LogP contribution in [0.4, 0.5) is 4.79 Å². The fourth-order valence-corrected chi connectivity index (χ4v) is 3.64. The lowest BCUT2D eigenvalue weighted by Gasteiger charge is -2.35. The molecule has 0 aromatic heterocycles. The summed E-state index contributed by atoms with van der Waals surface area (Å²) in [6.07, 6.45) is 2.04. The number of rotatable bonds is 7. The quantitative estimate of drug-likeness (QED) is 0.689. The van der Waals surface area contributed by atoms with E-state index in [2.05, 4.69) is 46.7 Å². The summed E-state index contributed by atoms with van der Waals surface area (Å²) >= 11 is 0. The Kier molecular flexibility index (Phi) is 6.66. The molecule has 0 bridgehead atoms. The third-order valence-corrected chi connectivity index (χ3v) is 5.33. The maximum Gasteiger partial charge on any atom is 0.312 e. The van der Waals surface area contributed by atoms with Gasteiger partial charge in [-0.15, -0.1) is 0 Å². The Hall–Kier alpha value is -2.86. The Labute approximate surface area is 166 Å². The van der Waals surface area contributed by atoms with Gasteiger partial charge in [0.1, 0.15) is 0 Å². The number of amides is 3. The van der Waals surface area contributed by atoms with Crippen LogP contribution in [0.5, 0.6) is 0 Å². The van der Waals surface area contributed by atoms with E-state index in [1.54, 1.807) is 12.1 Å². The van der Waals surface area contributed by atoms with E-state index in [1.165, 1.54) is 11.1 Å². The van der Waals surface area contributed by atoms with Gasteiger partial charge in [0, 0.05) is 37.8 Å². The maximum atomic E-state index is 12.5. The van der Waals surface area contributed by atoms with Gasteiger partial charge in [-0.25, -0.2) is 4.79 Å². The lowest BCUT2D eigenvalue weighted by Crippen LogP contribution is -2.45. The first-order chi connectivity index (χ1) is 13.6. The Morgan fingerprint density at radius 2 is 1.79 bits per heavy atom. The van der Waals surface area contributed by atoms with Crippen molar-refractivity contribution in [3.63, 3.8) is 0 Å². The number of benzene rings is 2. The molecule has 4 N–H and O–H groups in total. The fraction of sp³-hybridized carbons (Fsp3) is 0.364. The summed E-state index contributed by atoms with van der Waals surface area (Å²) < 4.78 is 0. The van der Waals surface area contributed by atoms with Crippen molar-refractivity contribution >= 4 is 11.9 Å². The SMILES string of the molecule is CCC(CNC(=O)c1ccc(CNC(N)=O)cc1)N1CCc2ccccc2C1. The smallest absolute Gasteiger partial charge is 0.312 e. The minimum absolute atomic E-state index is 0.0785. The fourth-order valence-electron chi connectivity index (χ4n) is 3.64. The molecular weight excluding hydrogens is 352 g/mol. The summed E-state index contributed by atoms with van der Waals surface area (Å²) in [4.78, 5) is 25.7. The van der Waals surface area contributed by atoms with Crippen LogP contribution in [0, 0.1) is 0 Å². The molecule has 3 rings (SSSR count). The summed E-state index contributed by atoms with van der Waals surface area (Å²) in [5.74, 6) is -0.0785. The highest BCUT2D eigenvalue weighted by Gasteiger charge is 2.22. The van der Waals surface area contributed by atoms with Crippen molar-refractivity contribution in [2.24, 2.45) is 5.73 Å². The molecule has 2 aromatic carbocycles. The minimum atomic E-state index is -0.562. The van der Waals surface area contributed by atoms with Crippen molar-refractivity contribution < 1.29 is 9.59 Å². The van der Waals surface area contributed by atoms with E-state index in [0.29, 0.717) is 24.7 Å². The lowest BCUT2D eigenvalue weighted by molar-refractivity contribution is 0.0926. The van der Waals surface area contributed by atoms with Crippen molar-refractivity contribution in [1.82, 2.24) is 15.5 Å². The van der Waals surface area contributed by atoms with Gasteiger partial charge in [-0.1, -0.05) is 43.3 Å². The molecule has 0 radical (unpaired) electrons. The van der Waals surface area contributed by atoms with E-state index < -0.39 is 6.03 Å². The highest BCUT2D eigenvalue weighted by Crippen LogP contribution is 2.21. The van der Waals surface area contributed by atoms with Crippen LogP contribution in [0.2, 0.25) is 0 Å². The van der Waals surface area contributed by atoms with Crippen molar-refractivity contribution in [3.8, 4) is 0 Å². The van der Waals surface area contributed by atoms with Crippen LogP contribution < -0.4 is 16.4 Å². The van der Waals surface area contributed by atoms with Crippen LogP contribution in [0.25, 0.3) is 0 Å². The number of nitrogens with two attached hydrogens (primary N) is 1. The summed E-state index contributed by atoms with van der Waals surface area (Å²) in [5, 5.41) is 5.61. The molecule has 28 heavy (non-hydrogen) atoms. The second-order valence-corrected chi connectivity index (χ2v) is 7.18. The van der Waals surface area contributed by atoms with E-state index in [0.717, 1.165) is 31.5 Å². The molecule has 0 fully saturated rings. The van der Waals surface area contributed by atoms with Crippen LogP contribution in [0.1, 0.15) is 40.4 Å². The van der Waals surface area contributed by atoms with Crippen LogP contribution in [0.15, 0.2) is 48.5 Å². The lowest BCUT2D eigenvalue weighted by atomic mass is 9.98. The van der Waals surface area contributed by atoms with Gasteiger partial charge >= 0.3 is 6.03 Å². The number of nitrogens with one attached hydrogen (secondary N) is 2. The molecule has 148 valence electrons. The van der Waals surface area contributed by atoms with Crippen molar-refractivity contribution in [1.29, 1.82) is 0 Å². The third-order valence-electron chi connectivity index (χ3n) is 5.33. The van der Waals surface area contributed by atoms with Gasteiger partial charge < -0.3 is 16.4 Å². The van der Waals surface area contributed by atoms with E-state index in [9.17, 15) is 9.59 Å². The topological polar surface area (TPSA) is 87.5 Å². The zero-order valence-corrected chi connectivity index (χ0v) is 16.3. The predicted molar refractivity (Wildman–Crippen MR) is 110 cm³/mol. The first-order valence-electron chi connectivity index (χ1n) is 9.78. The summed E-state index contributed by atoms with van der Waals surface area (Å²) in [6.45, 7) is 5.10. The van der Waals surface area contributed by atoms with Gasteiger partial charge in [-0.2, -0.15) is 0 Å². The predicted octanol–water partition coefficient (Wildman–Crippen LogP) is 2.42. The molecule has 0 spiro atoms. The number of carbonyl (C=O) groups excluding carboxylic acids is 2. The zero-order chi connectivity index (χ0) is 19.9. The van der Waals surface area contributed by atoms with Crippen LogP contribution >= 0.6 is 0 Å². The van der Waals surface area contributed by atoms with E-state index in [4.69, 9.17) is 5.73 Å². The maximum absolute atomic E-state index is 12.5. The second-order valence-electron chi connectivity index (χ2n) is 7.18. The molecule has 1 aliphatic heterocycles. The summed E-state index contributed by atoms with van der Waals surface area (Å²) in [7, 11) is 0. The van der Waals surface area contributed by atoms with Gasteiger partial charge in [0.05, 0.1) is 0 Å². The monoisotopic (exact) mass is 380 g/mol. The normalized spacial score (nSPS) is 14.8. The summed E-state index contributed by atoms with van der Waals surface area (Å²) in [6, 6.07) is 15.5. The average Bonchev–Trinajstić information content (AvgIpc) is 2.72. The zero-order valence-electron chi connectivity index (χ0n) is 16.3. The molecule has 1 aliphatic rings. The summed E-state index contributed by atoms with van der Waals surface area (Å²) in [5.41, 5.74) is 9.40. The molecule has 1 unspecified atom stereocenters. The van der Waals surface area contributed by atoms with Crippen LogP contribution in [-0.4, -0.2) is 36.0 Å². The third kappa shape index (κ3) is 5.10. The molecule has 6 heteroatoms. The van der Waals surface area contributed by atoms with Gasteiger partial charge in [-0.05, 0) is 41.7 Å². The van der Waals surface area contributed by atoms with Gasteiger partial charge in [0.25, 0.3) is 5.91 Å². The number of hydrogen-bond acceptors (Lipinski definition) is 3. The van der Waals surface area contributed by atoms with Crippen LogP contribution in [0.3, 0.4) is 0 Å². The van der Waals surface area contributed by atoms with Gasteiger partial charge in [0.15, 0.2) is 0 Å². The van der Waals surface area contributed by atoms with Crippen molar-refractivity contribution in [2.75, 3.05) is 13.1 Å². The number of hydrogen-bond donors (Lipinski definition) is 3. The number of nitrogens with zero attached hydrogens (tertiary/aromatic N) is 1. The first kappa shape index (κ1) is 19.9. The minimum Gasteiger partial charge on any atom is -0.352 e. The Morgan fingerprint density at radius 3 is 2.46 bits per heavy atom. The number of carbonyl (C=O) groups is 2. The van der Waals surface area contributed by atoms with Gasteiger partial charge in [0.2, 0.25) is 0 Å². The Balaban J connectivity index is 1.53. The van der Waals surface area contributed by atoms with E-state index in [1.807, 2.05) is 12.1 Å². The highest BCUT2D eigenvalue weighted by molar-refractivity contribution is 5.94. The Bertz CT molecular complexity index is 820. The molecule has 1 atom stereocenters. The van der Waals surface area contributed by atoms with Gasteiger partial charge in [-0.3, -0.25) is 9.69 Å². The highest BCUT2D eigenvalue weighted by atomic mass is 16.2. The van der Waals surface area contributed by atoms with Crippen LogP contribution in [-0.2, 0) is 19.5 Å². The standard InChI is InChI=1S/C22H28N4O2/c1-2-20(26-12-11-17-5-3-4-6-19(17)15-26)14-24-21(27)18-9-7-16(8-10-18)13-25-22(23)28/h3-10,20H,2,11-15H2,1H3,(H,24,27)(H3,23,25,28). The molecular formula is C22H28N4O2. The number of fused-ring (bicyclic) bond motifs is 1. The molecule has 6 nitrogen and oxygen atoms in total. The Morgan fingerprint density at radius 1 is 1.07 bits per heavy atom. The number of urea groups is 1. The molecule has 0 saturated carbocycles. The van der Waals surface area contributed by atoms with E-state index >= 15 is 0 Å². The molecule has 0 saturated heterocycles. The molecule has 1 heterocycles. The van der Waals surface area contributed by atoms with Crippen molar-refractivity contribution in [2.45, 2.75) is 38.9 Å².